The minimum atomic E-state index is -1.08. The van der Waals surface area contributed by atoms with Crippen molar-refractivity contribution >= 4 is 29.3 Å². The minimum Gasteiger partial charge on any atom is -0.468 e. The number of benzene rings is 1. The summed E-state index contributed by atoms with van der Waals surface area (Å²) in [5.41, 5.74) is 0.587. The molecule has 2 heterocycles. The van der Waals surface area contributed by atoms with Crippen molar-refractivity contribution < 1.29 is 19.4 Å². The van der Waals surface area contributed by atoms with Crippen LogP contribution < -0.4 is 4.74 Å². The predicted molar refractivity (Wildman–Crippen MR) is 116 cm³/mol. The quantitative estimate of drug-likeness (QED) is 0.673. The molecule has 1 aliphatic heterocycles. The number of aromatic nitrogens is 1. The number of carboxylic acid groups (broad SMARTS) is 1. The Bertz CT molecular complexity index is 1000. The van der Waals surface area contributed by atoms with Gasteiger partial charge in [0, 0.05) is 6.20 Å². The van der Waals surface area contributed by atoms with Crippen molar-refractivity contribution in [2.75, 3.05) is 13.1 Å². The summed E-state index contributed by atoms with van der Waals surface area (Å²) in [5, 5.41) is 19.9. The second-order valence-corrected chi connectivity index (χ2v) is 9.21. The molecular weight excluding hydrogens is 441 g/mol. The van der Waals surface area contributed by atoms with Crippen molar-refractivity contribution in [3.05, 3.63) is 57.7 Å². The summed E-state index contributed by atoms with van der Waals surface area (Å²) in [4.78, 5) is 17.4. The van der Waals surface area contributed by atoms with Crippen LogP contribution >= 0.6 is 23.2 Å². The zero-order valence-corrected chi connectivity index (χ0v) is 18.9. The van der Waals surface area contributed by atoms with Crippen molar-refractivity contribution in [3.63, 3.8) is 0 Å². The van der Waals surface area contributed by atoms with E-state index in [1.165, 1.54) is 11.1 Å². The molecule has 3 unspecified atom stereocenters. The van der Waals surface area contributed by atoms with Gasteiger partial charge >= 0.3 is 6.09 Å². The number of halogens is 2. The topological polar surface area (TPSA) is 95.7 Å². The molecule has 3 rings (SSSR count). The van der Waals surface area contributed by atoms with Gasteiger partial charge in [-0.25, -0.2) is 9.78 Å². The van der Waals surface area contributed by atoms with Crippen LogP contribution in [0.4, 0.5) is 4.79 Å². The Morgan fingerprint density at radius 1 is 1.29 bits per heavy atom. The molecule has 0 radical (unpaired) electrons. The van der Waals surface area contributed by atoms with E-state index in [4.69, 9.17) is 32.7 Å². The van der Waals surface area contributed by atoms with Crippen LogP contribution in [0.15, 0.2) is 36.5 Å². The van der Waals surface area contributed by atoms with E-state index >= 15 is 0 Å². The first-order valence-corrected chi connectivity index (χ1v) is 10.5. The summed E-state index contributed by atoms with van der Waals surface area (Å²) in [7, 11) is 0. The number of rotatable bonds is 3. The second-order valence-electron chi connectivity index (χ2n) is 8.40. The average molecular weight is 464 g/mol. The lowest BCUT2D eigenvalue weighted by Crippen LogP contribution is -2.43. The molecule has 0 bridgehead atoms. The lowest BCUT2D eigenvalue weighted by Gasteiger charge is -2.34. The van der Waals surface area contributed by atoms with E-state index in [0.29, 0.717) is 15.6 Å². The molecule has 1 amide bonds. The van der Waals surface area contributed by atoms with E-state index in [2.05, 4.69) is 4.98 Å². The van der Waals surface area contributed by atoms with E-state index in [0.717, 1.165) is 0 Å². The van der Waals surface area contributed by atoms with Crippen molar-refractivity contribution in [3.8, 4) is 11.9 Å². The van der Waals surface area contributed by atoms with Gasteiger partial charge in [0.2, 0.25) is 5.88 Å². The zero-order valence-electron chi connectivity index (χ0n) is 17.4. The van der Waals surface area contributed by atoms with Crippen LogP contribution in [0, 0.1) is 16.7 Å². The van der Waals surface area contributed by atoms with E-state index in [1.807, 2.05) is 26.8 Å². The fraction of sp³-hybridized carbons (Fsp3) is 0.409. The number of nitriles is 1. The van der Waals surface area contributed by atoms with Crippen LogP contribution in [0.3, 0.4) is 0 Å². The molecule has 1 aromatic heterocycles. The van der Waals surface area contributed by atoms with Crippen molar-refractivity contribution in [2.24, 2.45) is 5.41 Å². The molecule has 1 fully saturated rings. The summed E-state index contributed by atoms with van der Waals surface area (Å²) in [6.45, 7) is 6.14. The van der Waals surface area contributed by atoms with Gasteiger partial charge in [-0.05, 0) is 35.2 Å². The molecule has 7 nitrogen and oxygen atoms in total. The van der Waals surface area contributed by atoms with Gasteiger partial charge in [0.15, 0.2) is 0 Å². The summed E-state index contributed by atoms with van der Waals surface area (Å²) in [5.74, 6) is 0.114. The maximum atomic E-state index is 12.0. The van der Waals surface area contributed by atoms with Crippen LogP contribution in [-0.2, 0) is 4.74 Å². The Balaban J connectivity index is 2.08. The first-order chi connectivity index (χ1) is 14.6. The third-order valence-electron chi connectivity index (χ3n) is 5.10. The molecule has 9 heteroatoms. The molecule has 31 heavy (non-hydrogen) atoms. The van der Waals surface area contributed by atoms with Crippen molar-refractivity contribution in [1.82, 2.24) is 9.88 Å². The fourth-order valence-corrected chi connectivity index (χ4v) is 3.63. The van der Waals surface area contributed by atoms with Gasteiger partial charge in [-0.15, -0.1) is 0 Å². The number of pyridine rings is 1. The molecule has 2 aromatic rings. The second kappa shape index (κ2) is 9.31. The molecule has 1 aromatic carbocycles. The maximum absolute atomic E-state index is 12.0. The van der Waals surface area contributed by atoms with E-state index in [9.17, 15) is 15.2 Å². The summed E-state index contributed by atoms with van der Waals surface area (Å²) in [6, 6.07) is 10.4. The number of hydrogen-bond donors (Lipinski definition) is 1. The number of carbonyl (C=O) groups is 1. The third kappa shape index (κ3) is 5.40. The smallest absolute Gasteiger partial charge is 0.407 e. The highest BCUT2D eigenvalue weighted by molar-refractivity contribution is 6.42. The van der Waals surface area contributed by atoms with Crippen LogP contribution in [0.1, 0.15) is 38.0 Å². The number of ether oxygens (including phenoxy) is 2. The molecule has 0 spiro atoms. The van der Waals surface area contributed by atoms with E-state index in [1.54, 1.807) is 30.3 Å². The third-order valence-corrected chi connectivity index (χ3v) is 5.84. The van der Waals surface area contributed by atoms with Gasteiger partial charge in [0.25, 0.3) is 0 Å². The molecular formula is C22H23Cl2N3O4. The molecule has 0 aliphatic carbocycles. The molecule has 1 N–H and O–H groups in total. The SMILES string of the molecule is CC(C)(C)C1CN(C(=O)O)CC(Oc2ncccc2C#N)C(c2ccc(Cl)c(Cl)c2)O1. The molecule has 0 saturated carbocycles. The van der Waals surface area contributed by atoms with Gasteiger partial charge in [-0.1, -0.05) is 50.0 Å². The summed E-state index contributed by atoms with van der Waals surface area (Å²) in [6.07, 6.45) is -1.44. The molecule has 164 valence electrons. The van der Waals surface area contributed by atoms with Crippen LogP contribution in [0.2, 0.25) is 10.0 Å². The summed E-state index contributed by atoms with van der Waals surface area (Å²) >= 11 is 12.3. The van der Waals surface area contributed by atoms with Gasteiger partial charge in [0.05, 0.1) is 29.2 Å². The first kappa shape index (κ1) is 23.1. The highest BCUT2D eigenvalue weighted by Crippen LogP contribution is 2.37. The van der Waals surface area contributed by atoms with Gasteiger partial charge in [-0.3, -0.25) is 0 Å². The molecule has 1 saturated heterocycles. The molecule has 1 aliphatic rings. The Morgan fingerprint density at radius 3 is 2.65 bits per heavy atom. The van der Waals surface area contributed by atoms with Gasteiger partial charge < -0.3 is 19.5 Å². The summed E-state index contributed by atoms with van der Waals surface area (Å²) < 4.78 is 12.5. The van der Waals surface area contributed by atoms with E-state index in [-0.39, 0.29) is 29.9 Å². The van der Waals surface area contributed by atoms with Gasteiger partial charge in [0.1, 0.15) is 23.8 Å². The Hall–Kier alpha value is -2.53. The Morgan fingerprint density at radius 2 is 2.03 bits per heavy atom. The fourth-order valence-electron chi connectivity index (χ4n) is 3.32. The molecule has 3 atom stereocenters. The van der Waals surface area contributed by atoms with Crippen molar-refractivity contribution in [2.45, 2.75) is 39.1 Å². The van der Waals surface area contributed by atoms with Crippen LogP contribution in [-0.4, -0.2) is 46.4 Å². The number of nitrogens with zero attached hydrogens (tertiary/aromatic N) is 3. The highest BCUT2D eigenvalue weighted by atomic mass is 35.5. The van der Waals surface area contributed by atoms with Gasteiger partial charge in [-0.2, -0.15) is 5.26 Å². The zero-order chi connectivity index (χ0) is 22.8. The van der Waals surface area contributed by atoms with Crippen molar-refractivity contribution in [1.29, 1.82) is 5.26 Å². The normalized spacial score (nSPS) is 21.8. The minimum absolute atomic E-state index is 0.0221. The lowest BCUT2D eigenvalue weighted by molar-refractivity contribution is -0.0911. The monoisotopic (exact) mass is 463 g/mol. The predicted octanol–water partition coefficient (Wildman–Crippen LogP) is 5.17. The standard InChI is InChI=1S/C22H23Cl2N3O4/c1-22(2,3)18-12-27(21(28)29)11-17(30-20-14(10-25)5-4-8-26-20)19(31-18)13-6-7-15(23)16(24)9-13/h4-9,17-19H,11-12H2,1-3H3,(H,28,29). The first-order valence-electron chi connectivity index (χ1n) is 9.70. The van der Waals surface area contributed by atoms with E-state index < -0.39 is 24.4 Å². The lowest BCUT2D eigenvalue weighted by atomic mass is 9.88. The highest BCUT2D eigenvalue weighted by Gasteiger charge is 2.41. The average Bonchev–Trinajstić information content (AvgIpc) is 2.91. The van der Waals surface area contributed by atoms with Crippen LogP contribution in [0.25, 0.3) is 0 Å². The number of hydrogen-bond acceptors (Lipinski definition) is 5. The maximum Gasteiger partial charge on any atom is 0.407 e. The Kier molecular flexibility index (Phi) is 6.95. The number of amides is 1. The Labute approximate surface area is 191 Å². The largest absolute Gasteiger partial charge is 0.468 e. The van der Waals surface area contributed by atoms with Crippen LogP contribution in [0.5, 0.6) is 5.88 Å².